The third kappa shape index (κ3) is 12.3. The third-order valence-corrected chi connectivity index (χ3v) is 6.35. The van der Waals surface area contributed by atoms with Gasteiger partial charge in [0.25, 0.3) is 0 Å². The monoisotopic (exact) mass is 445 g/mol. The summed E-state index contributed by atoms with van der Waals surface area (Å²) in [6.45, 7) is 2.24. The lowest BCUT2D eigenvalue weighted by Gasteiger charge is -2.22. The van der Waals surface area contributed by atoms with Gasteiger partial charge in [-0.05, 0) is 44.7 Å². The summed E-state index contributed by atoms with van der Waals surface area (Å²) < 4.78 is 23.5. The highest BCUT2D eigenvalue weighted by Crippen LogP contribution is 2.48. The van der Waals surface area contributed by atoms with Crippen molar-refractivity contribution in [2.24, 2.45) is 0 Å². The Hall–Kier alpha value is -1.03. The van der Waals surface area contributed by atoms with Crippen molar-refractivity contribution in [1.82, 2.24) is 5.09 Å². The molecule has 0 radical (unpaired) electrons. The van der Waals surface area contributed by atoms with Gasteiger partial charge in [-0.3, -0.25) is 4.79 Å². The first kappa shape index (κ1) is 26.0. The van der Waals surface area contributed by atoms with E-state index in [2.05, 4.69) is 18.9 Å². The summed E-state index contributed by atoms with van der Waals surface area (Å²) in [4.78, 5) is 12.5. The first-order valence-corrected chi connectivity index (χ1v) is 13.4. The first-order valence-electron chi connectivity index (χ1n) is 10.9. The van der Waals surface area contributed by atoms with E-state index in [0.29, 0.717) is 5.75 Å². The molecule has 1 rings (SSSR count). The van der Waals surface area contributed by atoms with Gasteiger partial charge < -0.3 is 9.26 Å². The molecule has 0 aliphatic rings. The van der Waals surface area contributed by atoms with Crippen LogP contribution in [0.3, 0.4) is 0 Å². The lowest BCUT2D eigenvalue weighted by atomic mass is 10.0. The van der Waals surface area contributed by atoms with Crippen LogP contribution in [0.15, 0.2) is 30.3 Å². The Morgan fingerprint density at radius 3 is 2.07 bits per heavy atom. The van der Waals surface area contributed by atoms with Crippen LogP contribution in [0.1, 0.15) is 85.0 Å². The smallest absolute Gasteiger partial charge is 0.409 e. The molecule has 0 heterocycles. The van der Waals surface area contributed by atoms with E-state index in [1.807, 2.05) is 6.07 Å². The normalized spacial score (nSPS) is 14.4. The second-order valence-electron chi connectivity index (χ2n) is 7.49. The van der Waals surface area contributed by atoms with Crippen molar-refractivity contribution in [1.29, 1.82) is 0 Å². The second-order valence-corrected chi connectivity index (χ2v) is 10.2. The highest BCUT2D eigenvalue weighted by molar-refractivity contribution is 7.84. The molecule has 0 bridgehead atoms. The molecular formula is C22H37ClNO4P. The van der Waals surface area contributed by atoms with E-state index in [-0.39, 0.29) is 6.10 Å². The number of hydrogen-bond acceptors (Lipinski definition) is 4. The van der Waals surface area contributed by atoms with Gasteiger partial charge in [-0.15, -0.1) is 0 Å². The molecule has 0 aliphatic heterocycles. The number of halogens is 1. The van der Waals surface area contributed by atoms with Crippen LogP contribution in [-0.4, -0.2) is 18.1 Å². The molecule has 0 saturated carbocycles. The fourth-order valence-electron chi connectivity index (χ4n) is 3.05. The van der Waals surface area contributed by atoms with E-state index in [9.17, 15) is 9.36 Å². The molecule has 1 aromatic rings. The maximum absolute atomic E-state index is 12.5. The fourth-order valence-corrected chi connectivity index (χ4v) is 4.75. The maximum Gasteiger partial charge on any atom is 0.409 e. The van der Waals surface area contributed by atoms with Crippen molar-refractivity contribution in [2.45, 2.75) is 97.1 Å². The fraction of sp³-hybridized carbons (Fsp3) is 0.682. The third-order valence-electron chi connectivity index (χ3n) is 4.71. The number of para-hydroxylation sites is 1. The number of ether oxygens (including phenoxy) is 1. The van der Waals surface area contributed by atoms with Crippen molar-refractivity contribution in [3.8, 4) is 5.75 Å². The van der Waals surface area contributed by atoms with E-state index in [1.165, 1.54) is 25.7 Å². The molecular weight excluding hydrogens is 409 g/mol. The van der Waals surface area contributed by atoms with Gasteiger partial charge in [-0.25, -0.2) is 9.65 Å². The molecule has 29 heavy (non-hydrogen) atoms. The van der Waals surface area contributed by atoms with Crippen molar-refractivity contribution in [3.05, 3.63) is 30.3 Å². The molecule has 5 nitrogen and oxygen atoms in total. The van der Waals surface area contributed by atoms with Crippen LogP contribution in [0.25, 0.3) is 0 Å². The SMILES string of the molecule is CCCCCCC(CCCCCC)OC(=O)[C@H](C)N[P@](=O)(Cl)Oc1ccccc1. The number of benzene rings is 1. The summed E-state index contributed by atoms with van der Waals surface area (Å²) in [5.41, 5.74) is 0. The lowest BCUT2D eigenvalue weighted by Crippen LogP contribution is -2.35. The zero-order chi connectivity index (χ0) is 21.5. The topological polar surface area (TPSA) is 64.6 Å². The van der Waals surface area contributed by atoms with E-state index in [4.69, 9.17) is 20.5 Å². The second kappa shape index (κ2) is 14.9. The minimum absolute atomic E-state index is 0.106. The summed E-state index contributed by atoms with van der Waals surface area (Å²) in [7, 11) is 0. The lowest BCUT2D eigenvalue weighted by molar-refractivity contribution is -0.151. The van der Waals surface area contributed by atoms with Gasteiger partial charge in [-0.1, -0.05) is 70.6 Å². The Labute approximate surface area is 181 Å². The van der Waals surface area contributed by atoms with E-state index in [1.54, 1.807) is 31.2 Å². The molecule has 0 unspecified atom stereocenters. The Kier molecular flexibility index (Phi) is 13.3. The van der Waals surface area contributed by atoms with Gasteiger partial charge in [0.15, 0.2) is 0 Å². The summed E-state index contributed by atoms with van der Waals surface area (Å²) in [5, 5.41) is 2.59. The number of carbonyl (C=O) groups excluding carboxylic acids is 1. The number of hydrogen-bond donors (Lipinski definition) is 1. The van der Waals surface area contributed by atoms with Gasteiger partial charge in [0.2, 0.25) is 0 Å². The molecule has 0 aliphatic carbocycles. The highest BCUT2D eigenvalue weighted by Gasteiger charge is 2.29. The molecule has 166 valence electrons. The quantitative estimate of drug-likeness (QED) is 0.165. The van der Waals surface area contributed by atoms with Gasteiger partial charge in [0.05, 0.1) is 0 Å². The number of nitrogens with one attached hydrogen (secondary N) is 1. The zero-order valence-electron chi connectivity index (χ0n) is 18.1. The van der Waals surface area contributed by atoms with E-state index < -0.39 is 18.9 Å². The van der Waals surface area contributed by atoms with Crippen LogP contribution in [0, 0.1) is 0 Å². The summed E-state index contributed by atoms with van der Waals surface area (Å²) in [6, 6.07) is 7.82. The molecule has 2 atom stereocenters. The molecule has 0 fully saturated rings. The molecule has 0 amide bonds. The summed E-state index contributed by atoms with van der Waals surface area (Å²) in [6.07, 6.45) is 10.8. The van der Waals surface area contributed by atoms with Crippen LogP contribution >= 0.6 is 18.1 Å². The van der Waals surface area contributed by atoms with Gasteiger partial charge in [-0.2, -0.15) is 0 Å². The largest absolute Gasteiger partial charge is 0.461 e. The summed E-state index contributed by atoms with van der Waals surface area (Å²) >= 11 is 6.00. The van der Waals surface area contributed by atoms with Gasteiger partial charge in [0.1, 0.15) is 17.9 Å². The first-order chi connectivity index (χ1) is 13.9. The van der Waals surface area contributed by atoms with Gasteiger partial charge >= 0.3 is 12.8 Å². The van der Waals surface area contributed by atoms with Crippen LogP contribution in [-0.2, 0) is 14.1 Å². The minimum atomic E-state index is -3.71. The Morgan fingerprint density at radius 1 is 1.00 bits per heavy atom. The minimum Gasteiger partial charge on any atom is -0.461 e. The number of rotatable bonds is 16. The highest BCUT2D eigenvalue weighted by atomic mass is 35.7. The van der Waals surface area contributed by atoms with E-state index >= 15 is 0 Å². The Bertz CT molecular complexity index is 602. The number of carbonyl (C=O) groups is 1. The number of esters is 1. The van der Waals surface area contributed by atoms with Crippen LogP contribution < -0.4 is 9.61 Å². The van der Waals surface area contributed by atoms with Crippen LogP contribution in [0.5, 0.6) is 5.75 Å². The molecule has 1 aromatic carbocycles. The Morgan fingerprint density at radius 2 is 1.55 bits per heavy atom. The van der Waals surface area contributed by atoms with Crippen molar-refractivity contribution in [2.75, 3.05) is 0 Å². The Balaban J connectivity index is 2.54. The molecule has 0 saturated heterocycles. The van der Waals surface area contributed by atoms with Crippen LogP contribution in [0.2, 0.25) is 0 Å². The molecule has 1 N–H and O–H groups in total. The van der Waals surface area contributed by atoms with Crippen LogP contribution in [0.4, 0.5) is 0 Å². The number of unbranched alkanes of at least 4 members (excludes halogenated alkanes) is 6. The predicted octanol–water partition coefficient (Wildman–Crippen LogP) is 7.24. The van der Waals surface area contributed by atoms with Gasteiger partial charge in [0, 0.05) is 11.2 Å². The molecule has 7 heteroatoms. The molecule has 0 spiro atoms. The average Bonchev–Trinajstić information content (AvgIpc) is 2.68. The van der Waals surface area contributed by atoms with Crippen molar-refractivity contribution >= 4 is 24.1 Å². The van der Waals surface area contributed by atoms with E-state index in [0.717, 1.165) is 38.5 Å². The standard InChI is InChI=1S/C22H37ClNO4P/c1-4-6-8-11-15-20(16-12-9-7-5-2)27-22(25)19(3)24-29(23,26)28-21-17-13-10-14-18-21/h10,13-14,17-20H,4-9,11-12,15-16H2,1-3H3,(H,24,26)/t19-,29-/m0/s1. The zero-order valence-corrected chi connectivity index (χ0v) is 19.7. The average molecular weight is 446 g/mol. The summed E-state index contributed by atoms with van der Waals surface area (Å²) in [5.74, 6) is -0.0675. The van der Waals surface area contributed by atoms with Crippen molar-refractivity contribution < 1.29 is 18.6 Å². The molecule has 0 aromatic heterocycles. The predicted molar refractivity (Wildman–Crippen MR) is 121 cm³/mol. The maximum atomic E-state index is 12.5. The van der Waals surface area contributed by atoms with Crippen molar-refractivity contribution in [3.63, 3.8) is 0 Å².